The maximum Gasteiger partial charge on any atom is 0.358 e. The van der Waals surface area contributed by atoms with E-state index in [0.29, 0.717) is 97.1 Å². The lowest BCUT2D eigenvalue weighted by atomic mass is 10.1. The first-order valence-electron chi connectivity index (χ1n) is 21.0. The van der Waals surface area contributed by atoms with Crippen LogP contribution in [0.25, 0.3) is 12.2 Å². The molecule has 38 nitrogen and oxygen atoms in total. The molecule has 0 saturated heterocycles. The molecule has 0 spiro atoms. The predicted octanol–water partition coefficient (Wildman–Crippen LogP) is -1.64. The van der Waals surface area contributed by atoms with Crippen LogP contribution in [-0.4, -0.2) is 166 Å². The molecule has 0 atom stereocenters. The lowest BCUT2D eigenvalue weighted by molar-refractivity contribution is -0.130. The summed E-state index contributed by atoms with van der Waals surface area (Å²) in [4.78, 5) is 68.1. The van der Waals surface area contributed by atoms with E-state index in [9.17, 15) is 128 Å². The molecule has 2 aliphatic rings. The van der Waals surface area contributed by atoms with Gasteiger partial charge in [0.25, 0.3) is 64.0 Å². The van der Waals surface area contributed by atoms with E-state index >= 15 is 0 Å². The van der Waals surface area contributed by atoms with Gasteiger partial charge in [-0.2, -0.15) is 70.7 Å². The lowest BCUT2D eigenvalue weighted by Gasteiger charge is -2.15. The molecular weight excluding hydrogens is 1260 g/mol. The number of aliphatic carboxylic acids is 2. The van der Waals surface area contributed by atoms with Crippen molar-refractivity contribution in [2.75, 3.05) is 10.0 Å². The Morgan fingerprint density at radius 1 is 0.452 bits per heavy atom. The number of allylic oxidation sites excluding steroid dienone is 4. The van der Waals surface area contributed by atoms with Crippen molar-refractivity contribution in [1.82, 2.24) is 19.9 Å². The van der Waals surface area contributed by atoms with E-state index in [1.165, 1.54) is 0 Å². The van der Waals surface area contributed by atoms with E-state index in [0.717, 1.165) is 0 Å². The second-order valence-corrected chi connectivity index (χ2v) is 24.5. The molecule has 0 bridgehead atoms. The van der Waals surface area contributed by atoms with Crippen LogP contribution in [0.1, 0.15) is 32.1 Å². The number of aromatic hydroxyl groups is 2. The fourth-order valence-electron chi connectivity index (χ4n) is 6.91. The Hall–Kier alpha value is -10.1. The molecule has 7 rings (SSSR count). The molecule has 442 valence electrons. The van der Waals surface area contributed by atoms with Crippen molar-refractivity contribution in [1.29, 1.82) is 0 Å². The number of carboxylic acid groups (broad SMARTS) is 4. The summed E-state index contributed by atoms with van der Waals surface area (Å²) in [6.07, 6.45) is 3.63. The summed E-state index contributed by atoms with van der Waals surface area (Å²) in [5.41, 5.74) is -10.7. The van der Waals surface area contributed by atoms with Crippen LogP contribution in [-0.2, 0) is 79.9 Å². The zero-order valence-corrected chi connectivity index (χ0v) is 44.8. The molecular formula is C40H26N8O30S6. The number of hydrogen-bond acceptors (Lipinski definition) is 26. The highest BCUT2D eigenvalue weighted by atomic mass is 32.2. The Morgan fingerprint density at radius 2 is 0.762 bits per heavy atom. The van der Waals surface area contributed by atoms with E-state index in [-0.39, 0.29) is 19.7 Å². The van der Waals surface area contributed by atoms with Gasteiger partial charge in [0.1, 0.15) is 19.6 Å². The van der Waals surface area contributed by atoms with Crippen molar-refractivity contribution < 1.29 is 137 Å². The van der Waals surface area contributed by atoms with Gasteiger partial charge >= 0.3 is 44.1 Å². The predicted molar refractivity (Wildman–Crippen MR) is 267 cm³/mol. The molecule has 0 saturated carbocycles. The number of benzene rings is 3. The average Bonchev–Trinajstić information content (AvgIpc) is 2.63. The van der Waals surface area contributed by atoms with E-state index in [2.05, 4.69) is 20.4 Å². The molecule has 84 heavy (non-hydrogen) atoms. The summed E-state index contributed by atoms with van der Waals surface area (Å²) in [5, 5.41) is 74.2. The molecule has 0 aliphatic carbocycles. The number of nitrogens with zero attached hydrogens (tertiary/aromatic N) is 8. The summed E-state index contributed by atoms with van der Waals surface area (Å²) < 4.78 is 196. The van der Waals surface area contributed by atoms with Crippen molar-refractivity contribution in [2.45, 2.75) is 29.4 Å². The SMILES string of the molecule is O=C(O)C1=NN(c2cc(S(=O)(=O)O)ccc2S(=O)(=O)O)C(=O)/C1=C/C=C/c1c(C(=O)O)nn(OS(=O)(=O)c2ccc(S(=O)(=O)On3nc(C(=O)O)c(/C=C/C=C4/C(=O)N(c5cc(S(=O)(=O)O)ccc5S(=O)(=O)O)N=C4C(=O)O)c3O)cc2)c1O. The minimum atomic E-state index is -5.32. The second kappa shape index (κ2) is 21.7. The molecule has 0 unspecified atom stereocenters. The van der Waals surface area contributed by atoms with Gasteiger partial charge < -0.3 is 30.6 Å². The monoisotopic (exact) mass is 1290 g/mol. The highest BCUT2D eigenvalue weighted by Crippen LogP contribution is 2.35. The molecule has 2 amide bonds. The Labute approximate surface area is 465 Å². The Bertz CT molecular complexity index is 4410. The highest BCUT2D eigenvalue weighted by Gasteiger charge is 2.40. The summed E-state index contributed by atoms with van der Waals surface area (Å²) >= 11 is 0. The van der Waals surface area contributed by atoms with Gasteiger partial charge in [0.05, 0.1) is 43.4 Å². The maximum absolute atomic E-state index is 13.4. The molecule has 10 N–H and O–H groups in total. The maximum atomic E-state index is 13.4. The summed E-state index contributed by atoms with van der Waals surface area (Å²) in [6, 6.07) is 4.51. The quantitative estimate of drug-likeness (QED) is 0.0309. The average molecular weight is 1290 g/mol. The van der Waals surface area contributed by atoms with Crippen LogP contribution < -0.4 is 18.6 Å². The van der Waals surface area contributed by atoms with Crippen LogP contribution in [0.15, 0.2) is 136 Å². The van der Waals surface area contributed by atoms with Crippen LogP contribution in [0.5, 0.6) is 11.8 Å². The molecule has 2 aromatic heterocycles. The first-order chi connectivity index (χ1) is 38.6. The first kappa shape index (κ1) is 61.6. The number of anilines is 2. The highest BCUT2D eigenvalue weighted by molar-refractivity contribution is 7.88. The number of carbonyl (C=O) groups excluding carboxylic acids is 2. The van der Waals surface area contributed by atoms with Gasteiger partial charge in [0.2, 0.25) is 0 Å². The molecule has 4 heterocycles. The van der Waals surface area contributed by atoms with E-state index < -0.39 is 194 Å². The van der Waals surface area contributed by atoms with Crippen molar-refractivity contribution >= 4 is 131 Å². The van der Waals surface area contributed by atoms with Gasteiger partial charge in [-0.15, -0.1) is 10.2 Å². The van der Waals surface area contributed by atoms with Crippen LogP contribution >= 0.6 is 0 Å². The van der Waals surface area contributed by atoms with Gasteiger partial charge in [-0.1, -0.05) is 12.2 Å². The van der Waals surface area contributed by atoms with Crippen LogP contribution in [0.4, 0.5) is 11.4 Å². The third-order valence-corrected chi connectivity index (χ3v) is 16.4. The van der Waals surface area contributed by atoms with Gasteiger partial charge in [-0.3, -0.25) is 36.4 Å². The van der Waals surface area contributed by atoms with Gasteiger partial charge in [0.15, 0.2) is 22.8 Å². The fraction of sp³-hybridized carbons (Fsp3) is 0. The molecule has 5 aromatic rings. The third kappa shape index (κ3) is 12.2. The molecule has 0 radical (unpaired) electrons. The van der Waals surface area contributed by atoms with Gasteiger partial charge in [-0.05, 0) is 94.7 Å². The number of aromatic nitrogens is 4. The minimum Gasteiger partial charge on any atom is -0.491 e. The topological polar surface area (TPSA) is 595 Å². The first-order valence-corrected chi connectivity index (χ1v) is 29.6. The second-order valence-electron chi connectivity index (χ2n) is 15.8. The molecule has 2 aliphatic heterocycles. The standard InChI is InChI=1S/C40H26N8O30S6/c49-33-21(29(37(53)54)41-45(33)25-15-19(79(61,62)63)11-13-27(25)81(67,68)69)3-1-5-23-31(39(57)58)43-47(35(23)51)77-83(73,74)17-7-9-18(10-8-17)84(75,76)78-48-36(52)24(32(44-48)40(59)60)6-2-4-22-30(38(55)56)42-46(34(22)50)26-16-20(80(64,65)66)12-14-28(26)82(70,71)72/h1-16,51-52H,(H,53,54)(H,55,56)(H,57,58)(H,59,60)(H,61,62,63)(H,64,65,66)(H,67,68,69)(H,70,71,72)/b5-1+,6-2+,21-3+,22-4+. The summed E-state index contributed by atoms with van der Waals surface area (Å²) in [5.74, 6) is -13.9. The Kier molecular flexibility index (Phi) is 15.9. The zero-order chi connectivity index (χ0) is 62.7. The smallest absolute Gasteiger partial charge is 0.358 e. The van der Waals surface area contributed by atoms with Crippen molar-refractivity contribution in [3.8, 4) is 11.8 Å². The van der Waals surface area contributed by atoms with Crippen molar-refractivity contribution in [3.63, 3.8) is 0 Å². The van der Waals surface area contributed by atoms with Crippen LogP contribution in [0, 0.1) is 0 Å². The number of hydrogen-bond donors (Lipinski definition) is 10. The number of amides is 2. The molecule has 0 fully saturated rings. The Morgan fingerprint density at radius 3 is 1.04 bits per heavy atom. The number of carboxylic acids is 4. The van der Waals surface area contributed by atoms with Crippen molar-refractivity contribution in [2.24, 2.45) is 10.2 Å². The number of rotatable bonds is 20. The minimum absolute atomic E-state index is 0.00494. The largest absolute Gasteiger partial charge is 0.491 e. The van der Waals surface area contributed by atoms with Gasteiger partial charge in [-0.25, -0.2) is 19.2 Å². The zero-order valence-electron chi connectivity index (χ0n) is 39.9. The number of hydrazone groups is 2. The number of carbonyl (C=O) groups is 6. The van der Waals surface area contributed by atoms with E-state index in [4.69, 9.17) is 8.57 Å². The van der Waals surface area contributed by atoms with Crippen molar-refractivity contribution in [3.05, 3.63) is 119 Å². The summed E-state index contributed by atoms with van der Waals surface area (Å²) in [7, 11) is -31.5. The normalized spacial score (nSPS) is 15.6. The number of aromatic carboxylic acids is 2. The fourth-order valence-corrected chi connectivity index (χ4v) is 10.9. The molecule has 44 heteroatoms. The third-order valence-electron chi connectivity index (χ3n) is 10.6. The van der Waals surface area contributed by atoms with E-state index in [1.54, 1.807) is 0 Å². The van der Waals surface area contributed by atoms with Crippen LogP contribution in [0.3, 0.4) is 0 Å². The van der Waals surface area contributed by atoms with E-state index in [1.807, 2.05) is 0 Å². The van der Waals surface area contributed by atoms with Gasteiger partial charge in [0, 0.05) is 0 Å². The molecule has 3 aromatic carbocycles. The Balaban J connectivity index is 1.11. The lowest BCUT2D eigenvalue weighted by Crippen LogP contribution is -2.24. The summed E-state index contributed by atoms with van der Waals surface area (Å²) in [6.45, 7) is 0. The van der Waals surface area contributed by atoms with Crippen LogP contribution in [0.2, 0.25) is 0 Å².